The molecular formula is C17H12N4OS. The molecule has 0 atom stereocenters. The number of nitrogens with zero attached hydrogens (tertiary/aromatic N) is 2. The summed E-state index contributed by atoms with van der Waals surface area (Å²) in [7, 11) is 0. The molecule has 4 aromatic rings. The van der Waals surface area contributed by atoms with Crippen molar-refractivity contribution in [2.75, 3.05) is 5.32 Å². The summed E-state index contributed by atoms with van der Waals surface area (Å²) in [4.78, 5) is 23.7. The normalized spacial score (nSPS) is 10.8. The number of hydrogen-bond donors (Lipinski definition) is 2. The summed E-state index contributed by atoms with van der Waals surface area (Å²) in [6, 6.07) is 13.2. The maximum Gasteiger partial charge on any atom is 0.255 e. The van der Waals surface area contributed by atoms with Gasteiger partial charge in [-0.2, -0.15) is 0 Å². The lowest BCUT2D eigenvalue weighted by Crippen LogP contribution is -2.11. The lowest BCUT2D eigenvalue weighted by Gasteiger charge is -2.07. The zero-order chi connectivity index (χ0) is 15.6. The van der Waals surface area contributed by atoms with E-state index in [2.05, 4.69) is 20.3 Å². The molecule has 2 aromatic heterocycles. The Bertz CT molecular complexity index is 975. The summed E-state index contributed by atoms with van der Waals surface area (Å²) in [5, 5.41) is 2.93. The van der Waals surface area contributed by atoms with Crippen molar-refractivity contribution in [3.63, 3.8) is 0 Å². The summed E-state index contributed by atoms with van der Waals surface area (Å²) in [5.41, 5.74) is 5.93. The zero-order valence-electron chi connectivity index (χ0n) is 12.0. The van der Waals surface area contributed by atoms with Crippen molar-refractivity contribution in [3.8, 4) is 11.3 Å². The van der Waals surface area contributed by atoms with Gasteiger partial charge >= 0.3 is 0 Å². The van der Waals surface area contributed by atoms with Gasteiger partial charge < -0.3 is 10.3 Å². The molecule has 4 rings (SSSR count). The third-order valence-corrected chi connectivity index (χ3v) is 4.31. The van der Waals surface area contributed by atoms with Gasteiger partial charge in [-0.15, -0.1) is 11.3 Å². The van der Waals surface area contributed by atoms with Crippen LogP contribution in [0.4, 0.5) is 5.69 Å². The Labute approximate surface area is 136 Å². The van der Waals surface area contributed by atoms with Crippen LogP contribution in [0, 0.1) is 0 Å². The third-order valence-electron chi connectivity index (χ3n) is 3.52. The molecule has 0 saturated carbocycles. The first kappa shape index (κ1) is 13.7. The lowest BCUT2D eigenvalue weighted by atomic mass is 10.1. The Morgan fingerprint density at radius 1 is 1.17 bits per heavy atom. The first-order chi connectivity index (χ1) is 11.3. The van der Waals surface area contributed by atoms with Gasteiger partial charge in [-0.25, -0.2) is 9.97 Å². The molecular weight excluding hydrogens is 308 g/mol. The number of thiazole rings is 1. The Balaban J connectivity index is 1.59. The van der Waals surface area contributed by atoms with Gasteiger partial charge in [0.25, 0.3) is 5.91 Å². The van der Waals surface area contributed by atoms with E-state index in [0.29, 0.717) is 5.56 Å². The molecule has 23 heavy (non-hydrogen) atoms. The molecule has 2 aromatic carbocycles. The number of carbonyl (C=O) groups is 1. The standard InChI is InChI=1S/C17H12N4OS/c22-17(12-4-5-14-16(7-12)23-10-20-14)21-13-3-1-2-11(6-13)15-8-18-9-19-15/h1-10H,(H,18,19)(H,21,22). The van der Waals surface area contributed by atoms with E-state index in [-0.39, 0.29) is 5.91 Å². The molecule has 6 heteroatoms. The second-order valence-electron chi connectivity index (χ2n) is 5.04. The second kappa shape index (κ2) is 5.66. The van der Waals surface area contributed by atoms with E-state index in [4.69, 9.17) is 0 Å². The molecule has 0 radical (unpaired) electrons. The number of fused-ring (bicyclic) bond motifs is 1. The summed E-state index contributed by atoms with van der Waals surface area (Å²) < 4.78 is 1.00. The minimum absolute atomic E-state index is 0.137. The van der Waals surface area contributed by atoms with Crippen molar-refractivity contribution in [2.24, 2.45) is 0 Å². The van der Waals surface area contributed by atoms with Gasteiger partial charge in [0.05, 0.1) is 33.9 Å². The molecule has 0 aliphatic heterocycles. The van der Waals surface area contributed by atoms with Gasteiger partial charge in [0.1, 0.15) is 0 Å². The molecule has 112 valence electrons. The lowest BCUT2D eigenvalue weighted by molar-refractivity contribution is 0.102. The molecule has 2 heterocycles. The number of benzene rings is 2. The molecule has 0 aliphatic carbocycles. The van der Waals surface area contributed by atoms with Crippen LogP contribution in [0.15, 0.2) is 60.5 Å². The number of aromatic nitrogens is 3. The van der Waals surface area contributed by atoms with Crippen LogP contribution in [-0.4, -0.2) is 20.9 Å². The van der Waals surface area contributed by atoms with Crippen molar-refractivity contribution in [3.05, 3.63) is 66.1 Å². The SMILES string of the molecule is O=C(Nc1cccc(-c2cnc[nH]2)c1)c1ccc2ncsc2c1. The first-order valence-corrected chi connectivity index (χ1v) is 7.91. The number of carbonyl (C=O) groups excluding carboxylic acids is 1. The van der Waals surface area contributed by atoms with Crippen molar-refractivity contribution >= 4 is 33.1 Å². The maximum atomic E-state index is 12.4. The number of hydrogen-bond acceptors (Lipinski definition) is 4. The predicted octanol–water partition coefficient (Wildman–Crippen LogP) is 3.94. The molecule has 1 amide bonds. The molecule has 0 aliphatic rings. The average Bonchev–Trinajstić information content (AvgIpc) is 3.26. The van der Waals surface area contributed by atoms with E-state index in [1.807, 2.05) is 36.4 Å². The van der Waals surface area contributed by atoms with E-state index < -0.39 is 0 Å². The highest BCUT2D eigenvalue weighted by Gasteiger charge is 2.09. The van der Waals surface area contributed by atoms with Gasteiger partial charge in [-0.1, -0.05) is 12.1 Å². The van der Waals surface area contributed by atoms with Gasteiger partial charge in [-0.3, -0.25) is 4.79 Å². The fraction of sp³-hybridized carbons (Fsp3) is 0. The number of H-pyrrole nitrogens is 1. The summed E-state index contributed by atoms with van der Waals surface area (Å²) in [6.07, 6.45) is 3.38. The average molecular weight is 320 g/mol. The van der Waals surface area contributed by atoms with Crippen LogP contribution < -0.4 is 5.32 Å². The van der Waals surface area contributed by atoms with Crippen LogP contribution in [0.5, 0.6) is 0 Å². The van der Waals surface area contributed by atoms with Crippen LogP contribution >= 0.6 is 11.3 Å². The number of amides is 1. The van der Waals surface area contributed by atoms with Crippen LogP contribution in [0.3, 0.4) is 0 Å². The zero-order valence-corrected chi connectivity index (χ0v) is 12.8. The van der Waals surface area contributed by atoms with Gasteiger partial charge in [0.2, 0.25) is 0 Å². The predicted molar refractivity (Wildman–Crippen MR) is 91.6 cm³/mol. The highest BCUT2D eigenvalue weighted by atomic mass is 32.1. The molecule has 0 spiro atoms. The Morgan fingerprint density at radius 3 is 3.00 bits per heavy atom. The molecule has 0 fully saturated rings. The highest BCUT2D eigenvalue weighted by Crippen LogP contribution is 2.22. The van der Waals surface area contributed by atoms with E-state index in [9.17, 15) is 4.79 Å². The fourth-order valence-corrected chi connectivity index (χ4v) is 3.09. The maximum absolute atomic E-state index is 12.4. The quantitative estimate of drug-likeness (QED) is 0.600. The first-order valence-electron chi connectivity index (χ1n) is 7.03. The van der Waals surface area contributed by atoms with Crippen molar-refractivity contribution < 1.29 is 4.79 Å². The molecule has 5 nitrogen and oxygen atoms in total. The molecule has 0 bridgehead atoms. The largest absolute Gasteiger partial charge is 0.345 e. The van der Waals surface area contributed by atoms with Crippen molar-refractivity contribution in [2.45, 2.75) is 0 Å². The third kappa shape index (κ3) is 2.72. The topological polar surface area (TPSA) is 70.7 Å². The van der Waals surface area contributed by atoms with Gasteiger partial charge in [-0.05, 0) is 30.3 Å². The van der Waals surface area contributed by atoms with E-state index in [1.165, 1.54) is 11.3 Å². The Kier molecular flexibility index (Phi) is 3.36. The number of imidazole rings is 1. The van der Waals surface area contributed by atoms with Gasteiger partial charge in [0.15, 0.2) is 0 Å². The van der Waals surface area contributed by atoms with E-state index in [0.717, 1.165) is 27.2 Å². The van der Waals surface area contributed by atoms with Crippen molar-refractivity contribution in [1.82, 2.24) is 15.0 Å². The Hall–Kier alpha value is -2.99. The van der Waals surface area contributed by atoms with Crippen molar-refractivity contribution in [1.29, 1.82) is 0 Å². The molecule has 0 saturated heterocycles. The number of anilines is 1. The Morgan fingerprint density at radius 2 is 2.13 bits per heavy atom. The number of nitrogens with one attached hydrogen (secondary N) is 2. The van der Waals surface area contributed by atoms with Crippen LogP contribution in [0.2, 0.25) is 0 Å². The molecule has 0 unspecified atom stereocenters. The van der Waals surface area contributed by atoms with Crippen LogP contribution in [-0.2, 0) is 0 Å². The summed E-state index contributed by atoms with van der Waals surface area (Å²) in [6.45, 7) is 0. The monoisotopic (exact) mass is 320 g/mol. The molecule has 2 N–H and O–H groups in total. The van der Waals surface area contributed by atoms with Crippen LogP contribution in [0.1, 0.15) is 10.4 Å². The number of aromatic amines is 1. The fourth-order valence-electron chi connectivity index (χ4n) is 2.38. The second-order valence-corrected chi connectivity index (χ2v) is 5.92. The van der Waals surface area contributed by atoms with E-state index in [1.54, 1.807) is 24.1 Å². The summed E-state index contributed by atoms with van der Waals surface area (Å²) >= 11 is 1.52. The highest BCUT2D eigenvalue weighted by molar-refractivity contribution is 7.16. The van der Waals surface area contributed by atoms with Crippen LogP contribution in [0.25, 0.3) is 21.5 Å². The van der Waals surface area contributed by atoms with Gasteiger partial charge in [0, 0.05) is 16.8 Å². The minimum Gasteiger partial charge on any atom is -0.345 e. The minimum atomic E-state index is -0.137. The smallest absolute Gasteiger partial charge is 0.255 e. The number of rotatable bonds is 3. The summed E-state index contributed by atoms with van der Waals surface area (Å²) in [5.74, 6) is -0.137. The van der Waals surface area contributed by atoms with E-state index >= 15 is 0 Å².